The van der Waals surface area contributed by atoms with Gasteiger partial charge in [0.1, 0.15) is 4.90 Å². The van der Waals surface area contributed by atoms with Crippen LogP contribution < -0.4 is 5.73 Å². The molecule has 1 fully saturated rings. The van der Waals surface area contributed by atoms with E-state index < -0.39 is 26.6 Å². The summed E-state index contributed by atoms with van der Waals surface area (Å²) in [6, 6.07) is 1.72. The molecule has 1 aliphatic heterocycles. The van der Waals surface area contributed by atoms with Crippen LogP contribution in [0.15, 0.2) is 17.0 Å². The van der Waals surface area contributed by atoms with E-state index in [2.05, 4.69) is 0 Å². The molecule has 0 unspecified atom stereocenters. The van der Waals surface area contributed by atoms with E-state index in [1.807, 2.05) is 13.8 Å². The highest BCUT2D eigenvalue weighted by molar-refractivity contribution is 7.89. The fourth-order valence-electron chi connectivity index (χ4n) is 2.18. The van der Waals surface area contributed by atoms with Gasteiger partial charge in [0.2, 0.25) is 10.0 Å². The van der Waals surface area contributed by atoms with Crippen LogP contribution in [-0.4, -0.2) is 25.8 Å². The molecule has 0 saturated carbocycles. The van der Waals surface area contributed by atoms with Gasteiger partial charge in [-0.3, -0.25) is 0 Å². The number of nitrogens with two attached hydrogens (primary N) is 1. The minimum absolute atomic E-state index is 0.115. The van der Waals surface area contributed by atoms with Gasteiger partial charge < -0.3 is 5.73 Å². The van der Waals surface area contributed by atoms with Crippen molar-refractivity contribution in [3.8, 4) is 0 Å². The number of halogens is 2. The third-order valence-corrected chi connectivity index (χ3v) is 5.12. The van der Waals surface area contributed by atoms with Crippen molar-refractivity contribution in [2.75, 3.05) is 18.8 Å². The van der Waals surface area contributed by atoms with Gasteiger partial charge >= 0.3 is 0 Å². The number of benzene rings is 1. The van der Waals surface area contributed by atoms with E-state index in [4.69, 9.17) is 5.73 Å². The van der Waals surface area contributed by atoms with E-state index >= 15 is 0 Å². The Morgan fingerprint density at radius 3 is 2.47 bits per heavy atom. The summed E-state index contributed by atoms with van der Waals surface area (Å²) >= 11 is 0. The van der Waals surface area contributed by atoms with E-state index in [1.165, 1.54) is 4.31 Å². The molecule has 0 spiro atoms. The second-order valence-electron chi connectivity index (χ2n) is 5.57. The minimum atomic E-state index is -4.05. The molecule has 4 nitrogen and oxygen atoms in total. The van der Waals surface area contributed by atoms with Gasteiger partial charge in [-0.15, -0.1) is 0 Å². The van der Waals surface area contributed by atoms with Crippen molar-refractivity contribution in [1.82, 2.24) is 4.31 Å². The Balaban J connectivity index is 2.47. The van der Waals surface area contributed by atoms with Crippen LogP contribution in [-0.2, 0) is 10.0 Å². The molecule has 1 aromatic rings. The number of nitrogen functional groups attached to an aromatic ring is 1. The van der Waals surface area contributed by atoms with Gasteiger partial charge in [0.15, 0.2) is 11.6 Å². The zero-order valence-electron chi connectivity index (χ0n) is 10.8. The van der Waals surface area contributed by atoms with Gasteiger partial charge in [-0.25, -0.2) is 17.2 Å². The molecule has 106 valence electrons. The quantitative estimate of drug-likeness (QED) is 0.847. The molecular weight excluding hydrogens is 274 g/mol. The SMILES string of the molecule is CC1(C)CCN(S(=O)(=O)c2cc(N)cc(F)c2F)C1. The van der Waals surface area contributed by atoms with E-state index in [0.717, 1.165) is 12.1 Å². The molecule has 7 heteroatoms. The first-order chi connectivity index (χ1) is 8.63. The lowest BCUT2D eigenvalue weighted by atomic mass is 9.93. The number of rotatable bonds is 2. The van der Waals surface area contributed by atoms with Crippen molar-refractivity contribution in [3.05, 3.63) is 23.8 Å². The highest BCUT2D eigenvalue weighted by Gasteiger charge is 2.38. The maximum absolute atomic E-state index is 13.7. The summed E-state index contributed by atoms with van der Waals surface area (Å²) < 4.78 is 52.8. The second-order valence-corrected chi connectivity index (χ2v) is 7.47. The van der Waals surface area contributed by atoms with Crippen LogP contribution in [0.5, 0.6) is 0 Å². The normalized spacial score (nSPS) is 19.8. The van der Waals surface area contributed by atoms with Crippen LogP contribution in [0.1, 0.15) is 20.3 Å². The van der Waals surface area contributed by atoms with Crippen LogP contribution in [0.2, 0.25) is 0 Å². The number of nitrogens with zero attached hydrogens (tertiary/aromatic N) is 1. The molecular formula is C12H16F2N2O2S. The molecule has 1 saturated heterocycles. The summed E-state index contributed by atoms with van der Waals surface area (Å²) in [7, 11) is -4.05. The summed E-state index contributed by atoms with van der Waals surface area (Å²) in [5.41, 5.74) is 5.11. The summed E-state index contributed by atoms with van der Waals surface area (Å²) in [4.78, 5) is -0.692. The number of anilines is 1. The molecule has 0 aromatic heterocycles. The van der Waals surface area contributed by atoms with Crippen molar-refractivity contribution in [2.24, 2.45) is 5.41 Å². The maximum Gasteiger partial charge on any atom is 0.246 e. The summed E-state index contributed by atoms with van der Waals surface area (Å²) in [5, 5.41) is 0. The lowest BCUT2D eigenvalue weighted by Gasteiger charge is -2.20. The van der Waals surface area contributed by atoms with Crippen LogP contribution in [0.4, 0.5) is 14.5 Å². The molecule has 0 amide bonds. The Labute approximate surface area is 111 Å². The first kappa shape index (κ1) is 14.2. The molecule has 2 N–H and O–H groups in total. The topological polar surface area (TPSA) is 63.4 Å². The second kappa shape index (κ2) is 4.42. The number of sulfonamides is 1. The third-order valence-electron chi connectivity index (χ3n) is 3.28. The van der Waals surface area contributed by atoms with Crippen molar-refractivity contribution >= 4 is 15.7 Å². The number of hydrogen-bond donors (Lipinski definition) is 1. The lowest BCUT2D eigenvalue weighted by Crippen LogP contribution is -2.31. The average molecular weight is 290 g/mol. The van der Waals surface area contributed by atoms with Gasteiger partial charge in [-0.05, 0) is 24.0 Å². The molecule has 1 heterocycles. The molecule has 1 aliphatic rings. The molecule has 19 heavy (non-hydrogen) atoms. The van der Waals surface area contributed by atoms with Crippen LogP contribution in [0.25, 0.3) is 0 Å². The average Bonchev–Trinajstić information content (AvgIpc) is 2.64. The van der Waals surface area contributed by atoms with Gasteiger partial charge in [0, 0.05) is 18.8 Å². The Hall–Kier alpha value is -1.21. The van der Waals surface area contributed by atoms with Gasteiger partial charge in [0.05, 0.1) is 0 Å². The molecule has 0 radical (unpaired) electrons. The Bertz CT molecular complexity index is 614. The Morgan fingerprint density at radius 2 is 1.95 bits per heavy atom. The van der Waals surface area contributed by atoms with E-state index in [0.29, 0.717) is 13.0 Å². The van der Waals surface area contributed by atoms with Crippen LogP contribution >= 0.6 is 0 Å². The standard InChI is InChI=1S/C12H16F2N2O2S/c1-12(2)3-4-16(7-12)19(17,18)10-6-8(15)5-9(13)11(10)14/h5-6H,3-4,7,15H2,1-2H3. The lowest BCUT2D eigenvalue weighted by molar-refractivity contribution is 0.373. The van der Waals surface area contributed by atoms with Crippen molar-refractivity contribution in [3.63, 3.8) is 0 Å². The highest BCUT2D eigenvalue weighted by Crippen LogP contribution is 2.34. The predicted molar refractivity (Wildman–Crippen MR) is 67.9 cm³/mol. The fourth-order valence-corrected chi connectivity index (χ4v) is 3.92. The smallest absolute Gasteiger partial charge is 0.246 e. The summed E-state index contributed by atoms with van der Waals surface area (Å²) in [6.45, 7) is 4.44. The molecule has 1 aromatic carbocycles. The highest BCUT2D eigenvalue weighted by atomic mass is 32.2. The van der Waals surface area contributed by atoms with Crippen LogP contribution in [0, 0.1) is 17.0 Å². The Morgan fingerprint density at radius 1 is 1.32 bits per heavy atom. The van der Waals surface area contributed by atoms with E-state index in [-0.39, 0.29) is 17.6 Å². The van der Waals surface area contributed by atoms with Gasteiger partial charge in [-0.1, -0.05) is 13.8 Å². The Kier molecular flexibility index (Phi) is 3.30. The predicted octanol–water partition coefficient (Wildman–Crippen LogP) is 1.97. The van der Waals surface area contributed by atoms with Crippen molar-refractivity contribution in [1.29, 1.82) is 0 Å². The molecule has 0 atom stereocenters. The molecule has 0 bridgehead atoms. The first-order valence-corrected chi connectivity index (χ1v) is 7.32. The summed E-state index contributed by atoms with van der Waals surface area (Å²) in [5.74, 6) is -2.63. The molecule has 0 aliphatic carbocycles. The zero-order chi connectivity index (χ0) is 14.4. The van der Waals surface area contributed by atoms with E-state index in [9.17, 15) is 17.2 Å². The van der Waals surface area contributed by atoms with Crippen molar-refractivity contribution < 1.29 is 17.2 Å². The van der Waals surface area contributed by atoms with Crippen LogP contribution in [0.3, 0.4) is 0 Å². The fraction of sp³-hybridized carbons (Fsp3) is 0.500. The largest absolute Gasteiger partial charge is 0.399 e. The van der Waals surface area contributed by atoms with Gasteiger partial charge in [0.25, 0.3) is 0 Å². The first-order valence-electron chi connectivity index (χ1n) is 5.88. The molecule has 2 rings (SSSR count). The monoisotopic (exact) mass is 290 g/mol. The summed E-state index contributed by atoms with van der Waals surface area (Å²) in [6.07, 6.45) is 0.679. The van der Waals surface area contributed by atoms with Gasteiger partial charge in [-0.2, -0.15) is 4.31 Å². The van der Waals surface area contributed by atoms with E-state index in [1.54, 1.807) is 0 Å². The minimum Gasteiger partial charge on any atom is -0.399 e. The maximum atomic E-state index is 13.7. The number of hydrogen-bond acceptors (Lipinski definition) is 3. The van der Waals surface area contributed by atoms with Crippen molar-refractivity contribution in [2.45, 2.75) is 25.2 Å². The zero-order valence-corrected chi connectivity index (χ0v) is 11.6. The third kappa shape index (κ3) is 2.57.